The van der Waals surface area contributed by atoms with E-state index in [4.69, 9.17) is 10.00 Å². The molecule has 0 unspecified atom stereocenters. The molecule has 0 spiro atoms. The number of hydrogen-bond acceptors (Lipinski definition) is 6. The summed E-state index contributed by atoms with van der Waals surface area (Å²) < 4.78 is 5.13. The van der Waals surface area contributed by atoms with E-state index in [1.807, 2.05) is 6.07 Å². The molecule has 22 heavy (non-hydrogen) atoms. The van der Waals surface area contributed by atoms with Crippen molar-refractivity contribution in [2.75, 3.05) is 6.26 Å². The second kappa shape index (κ2) is 6.74. The highest BCUT2D eigenvalue weighted by atomic mass is 32.2. The molecule has 0 aromatic heterocycles. The Morgan fingerprint density at radius 1 is 1.27 bits per heavy atom. The Bertz CT molecular complexity index is 766. The Morgan fingerprint density at radius 3 is 2.50 bits per heavy atom. The molecule has 0 N–H and O–H groups in total. The van der Waals surface area contributed by atoms with E-state index in [-0.39, 0.29) is 17.0 Å². The lowest BCUT2D eigenvalue weighted by molar-refractivity contribution is -0.387. The number of hydrogen-bond donors (Lipinski definition) is 0. The van der Waals surface area contributed by atoms with Gasteiger partial charge in [-0.2, -0.15) is 5.26 Å². The van der Waals surface area contributed by atoms with E-state index in [9.17, 15) is 14.9 Å². The predicted molar refractivity (Wildman–Crippen MR) is 81.0 cm³/mol. The highest BCUT2D eigenvalue weighted by molar-refractivity contribution is 7.98. The van der Waals surface area contributed by atoms with E-state index in [0.29, 0.717) is 10.5 Å². The molecular formula is C15H10N2O4S. The predicted octanol–water partition coefficient (Wildman–Crippen LogP) is 3.41. The summed E-state index contributed by atoms with van der Waals surface area (Å²) in [7, 11) is 0. The molecule has 0 fully saturated rings. The van der Waals surface area contributed by atoms with Gasteiger partial charge in [0.15, 0.2) is 0 Å². The average molecular weight is 314 g/mol. The van der Waals surface area contributed by atoms with Crippen molar-refractivity contribution < 1.29 is 14.5 Å². The van der Waals surface area contributed by atoms with Gasteiger partial charge in [0.25, 0.3) is 5.69 Å². The number of carbonyl (C=O) groups is 1. The fourth-order valence-electron chi connectivity index (χ4n) is 1.72. The van der Waals surface area contributed by atoms with Crippen LogP contribution in [0, 0.1) is 21.4 Å². The quantitative estimate of drug-likeness (QED) is 0.282. The van der Waals surface area contributed by atoms with Crippen LogP contribution in [0.2, 0.25) is 0 Å². The van der Waals surface area contributed by atoms with Gasteiger partial charge in [-0.1, -0.05) is 0 Å². The van der Waals surface area contributed by atoms with Crippen LogP contribution < -0.4 is 4.74 Å². The number of nitriles is 1. The topological polar surface area (TPSA) is 93.2 Å². The zero-order chi connectivity index (χ0) is 16.1. The first-order chi connectivity index (χ1) is 10.5. The minimum atomic E-state index is -0.694. The van der Waals surface area contributed by atoms with Crippen LogP contribution in [0.5, 0.6) is 5.75 Å². The van der Waals surface area contributed by atoms with Crippen LogP contribution in [0.25, 0.3) is 0 Å². The van der Waals surface area contributed by atoms with E-state index in [2.05, 4.69) is 0 Å². The second-order valence-corrected chi connectivity index (χ2v) is 5.02. The Labute approximate surface area is 130 Å². The van der Waals surface area contributed by atoms with Gasteiger partial charge in [0.2, 0.25) is 0 Å². The molecular weight excluding hydrogens is 304 g/mol. The van der Waals surface area contributed by atoms with Gasteiger partial charge in [-0.25, -0.2) is 4.79 Å². The van der Waals surface area contributed by atoms with Crippen LogP contribution >= 0.6 is 11.8 Å². The minimum absolute atomic E-state index is 0.0915. The Kier molecular flexibility index (Phi) is 4.76. The highest BCUT2D eigenvalue weighted by Crippen LogP contribution is 2.28. The summed E-state index contributed by atoms with van der Waals surface area (Å²) in [5.41, 5.74) is 0.399. The van der Waals surface area contributed by atoms with Crippen molar-refractivity contribution in [2.45, 2.75) is 4.90 Å². The highest BCUT2D eigenvalue weighted by Gasteiger charge is 2.18. The van der Waals surface area contributed by atoms with Gasteiger partial charge < -0.3 is 4.74 Å². The van der Waals surface area contributed by atoms with Crippen LogP contribution in [-0.4, -0.2) is 17.1 Å². The van der Waals surface area contributed by atoms with Crippen LogP contribution in [-0.2, 0) is 0 Å². The standard InChI is InChI=1S/C15H10N2O4S/c1-22-14-7-4-11(8-13(14)17(19)20)15(18)21-12-5-2-10(9-16)3-6-12/h2-8H,1H3. The molecule has 0 heterocycles. The number of carbonyl (C=O) groups excluding carboxylic acids is 1. The maximum Gasteiger partial charge on any atom is 0.343 e. The molecule has 2 aromatic rings. The van der Waals surface area contributed by atoms with Crippen LogP contribution in [0.1, 0.15) is 15.9 Å². The third kappa shape index (κ3) is 3.42. The van der Waals surface area contributed by atoms with Crippen molar-refractivity contribution >= 4 is 23.4 Å². The third-order valence-electron chi connectivity index (χ3n) is 2.81. The second-order valence-electron chi connectivity index (χ2n) is 4.17. The van der Waals surface area contributed by atoms with Gasteiger partial charge in [0.05, 0.1) is 27.0 Å². The van der Waals surface area contributed by atoms with Crippen molar-refractivity contribution in [2.24, 2.45) is 0 Å². The van der Waals surface area contributed by atoms with Crippen LogP contribution in [0.4, 0.5) is 5.69 Å². The van der Waals surface area contributed by atoms with E-state index >= 15 is 0 Å². The molecule has 0 saturated carbocycles. The SMILES string of the molecule is CSc1ccc(C(=O)Oc2ccc(C#N)cc2)cc1[N+](=O)[O-]. The van der Waals surface area contributed by atoms with Gasteiger partial charge >= 0.3 is 5.97 Å². The fourth-order valence-corrected chi connectivity index (χ4v) is 2.27. The smallest absolute Gasteiger partial charge is 0.343 e. The summed E-state index contributed by atoms with van der Waals surface area (Å²) in [6, 6.07) is 12.1. The van der Waals surface area contributed by atoms with Gasteiger partial charge in [0, 0.05) is 6.07 Å². The zero-order valence-corrected chi connectivity index (χ0v) is 12.3. The third-order valence-corrected chi connectivity index (χ3v) is 3.59. The Morgan fingerprint density at radius 2 is 1.95 bits per heavy atom. The summed E-state index contributed by atoms with van der Waals surface area (Å²) in [6.07, 6.45) is 1.72. The first-order valence-corrected chi connectivity index (χ1v) is 7.32. The normalized spacial score (nSPS) is 9.82. The van der Waals surface area contributed by atoms with Gasteiger partial charge in [-0.15, -0.1) is 11.8 Å². The summed E-state index contributed by atoms with van der Waals surface area (Å²) in [4.78, 5) is 23.0. The molecule has 0 radical (unpaired) electrons. The van der Waals surface area contributed by atoms with Crippen molar-refractivity contribution in [3.05, 3.63) is 63.7 Å². The van der Waals surface area contributed by atoms with Crippen molar-refractivity contribution in [3.8, 4) is 11.8 Å². The van der Waals surface area contributed by atoms with E-state index in [0.717, 1.165) is 0 Å². The van der Waals surface area contributed by atoms with E-state index < -0.39 is 10.9 Å². The monoisotopic (exact) mass is 314 g/mol. The molecule has 110 valence electrons. The molecule has 2 rings (SSSR count). The zero-order valence-electron chi connectivity index (χ0n) is 11.5. The minimum Gasteiger partial charge on any atom is -0.423 e. The number of thioether (sulfide) groups is 1. The molecule has 7 heteroatoms. The first-order valence-electron chi connectivity index (χ1n) is 6.10. The maximum atomic E-state index is 12.0. The maximum absolute atomic E-state index is 12.0. The summed E-state index contributed by atoms with van der Waals surface area (Å²) in [5.74, 6) is -0.430. The fraction of sp³-hybridized carbons (Fsp3) is 0.0667. The number of esters is 1. The van der Waals surface area contributed by atoms with Crippen molar-refractivity contribution in [3.63, 3.8) is 0 Å². The summed E-state index contributed by atoms with van der Waals surface area (Å²) in [5, 5.41) is 19.7. The lowest BCUT2D eigenvalue weighted by atomic mass is 10.2. The number of nitrogens with zero attached hydrogens (tertiary/aromatic N) is 2. The van der Waals surface area contributed by atoms with Gasteiger partial charge in [-0.3, -0.25) is 10.1 Å². The Hall–Kier alpha value is -2.85. The average Bonchev–Trinajstić information content (AvgIpc) is 2.54. The molecule has 0 saturated heterocycles. The molecule has 0 aliphatic heterocycles. The van der Waals surface area contributed by atoms with E-state index in [1.54, 1.807) is 6.26 Å². The molecule has 0 aliphatic rings. The Balaban J connectivity index is 2.23. The lowest BCUT2D eigenvalue weighted by Crippen LogP contribution is -2.09. The molecule has 0 atom stereocenters. The van der Waals surface area contributed by atoms with Crippen molar-refractivity contribution in [1.29, 1.82) is 5.26 Å². The molecule has 6 nitrogen and oxygen atoms in total. The summed E-state index contributed by atoms with van der Waals surface area (Å²) >= 11 is 1.23. The number of rotatable bonds is 4. The number of nitro groups is 1. The van der Waals surface area contributed by atoms with Gasteiger partial charge in [0.1, 0.15) is 5.75 Å². The number of nitro benzene ring substituents is 1. The summed E-state index contributed by atoms with van der Waals surface area (Å²) in [6.45, 7) is 0. The van der Waals surface area contributed by atoms with Crippen molar-refractivity contribution in [1.82, 2.24) is 0 Å². The molecule has 0 aliphatic carbocycles. The largest absolute Gasteiger partial charge is 0.423 e. The molecule has 0 bridgehead atoms. The first kappa shape index (κ1) is 15.5. The molecule has 0 amide bonds. The number of ether oxygens (including phenoxy) is 1. The number of benzene rings is 2. The van der Waals surface area contributed by atoms with E-state index in [1.165, 1.54) is 54.2 Å². The molecule has 2 aromatic carbocycles. The van der Waals surface area contributed by atoms with Crippen LogP contribution in [0.3, 0.4) is 0 Å². The lowest BCUT2D eigenvalue weighted by Gasteiger charge is -2.05. The van der Waals surface area contributed by atoms with Gasteiger partial charge in [-0.05, 0) is 42.7 Å². The van der Waals surface area contributed by atoms with Crippen LogP contribution in [0.15, 0.2) is 47.4 Å².